The van der Waals surface area contributed by atoms with Crippen molar-refractivity contribution in [2.24, 2.45) is 4.99 Å². The van der Waals surface area contributed by atoms with E-state index in [0.29, 0.717) is 29.5 Å². The molecule has 0 spiro atoms. The number of esters is 1. The first kappa shape index (κ1) is 26.6. The molecule has 2 aliphatic heterocycles. The summed E-state index contributed by atoms with van der Waals surface area (Å²) in [7, 11) is 0. The molecular weight excluding hydrogens is 510 g/mol. The number of hydrogen-bond acceptors (Lipinski definition) is 7. The first-order chi connectivity index (χ1) is 18.9. The summed E-state index contributed by atoms with van der Waals surface area (Å²) in [5, 5.41) is 5.58. The molecule has 0 radical (unpaired) electrons. The van der Waals surface area contributed by atoms with Crippen LogP contribution in [0.4, 0.5) is 0 Å². The second-order valence-corrected chi connectivity index (χ2v) is 10.6. The van der Waals surface area contributed by atoms with Crippen molar-refractivity contribution in [2.75, 3.05) is 0 Å². The van der Waals surface area contributed by atoms with E-state index < -0.39 is 12.0 Å². The van der Waals surface area contributed by atoms with Gasteiger partial charge < -0.3 is 19.4 Å². The fourth-order valence-corrected chi connectivity index (χ4v) is 5.60. The van der Waals surface area contributed by atoms with Crippen LogP contribution in [0.15, 0.2) is 105 Å². The maximum absolute atomic E-state index is 13.6. The van der Waals surface area contributed by atoms with Crippen molar-refractivity contribution in [3.63, 3.8) is 0 Å². The van der Waals surface area contributed by atoms with E-state index in [1.807, 2.05) is 53.6 Å². The molecule has 7 nitrogen and oxygen atoms in total. The molecule has 0 fully saturated rings. The Morgan fingerprint density at radius 2 is 1.85 bits per heavy atom. The van der Waals surface area contributed by atoms with Crippen LogP contribution in [0.3, 0.4) is 0 Å². The largest absolute Gasteiger partial charge is 0.467 e. The lowest BCUT2D eigenvalue weighted by Crippen LogP contribution is -2.38. The third-order valence-corrected chi connectivity index (χ3v) is 7.62. The summed E-state index contributed by atoms with van der Waals surface area (Å²) in [5.41, 5.74) is 4.91. The summed E-state index contributed by atoms with van der Waals surface area (Å²) in [6, 6.07) is 21.0. The molecule has 39 heavy (non-hydrogen) atoms. The van der Waals surface area contributed by atoms with Crippen LogP contribution in [0, 0.1) is 0 Å². The molecule has 0 saturated carbocycles. The van der Waals surface area contributed by atoms with Crippen LogP contribution in [0.5, 0.6) is 0 Å². The SMILES string of the molecule is CC1=C(C(=O)OCc2ccccc2)C(c2ccc(C(C)C)cc2)N2C(CC(=O)NCc3ccco3)=CSC2=N1. The van der Waals surface area contributed by atoms with Gasteiger partial charge in [0.15, 0.2) is 5.17 Å². The van der Waals surface area contributed by atoms with Crippen LogP contribution in [0.2, 0.25) is 0 Å². The van der Waals surface area contributed by atoms with Crippen molar-refractivity contribution in [1.29, 1.82) is 0 Å². The molecule has 1 unspecified atom stereocenters. The fraction of sp³-hybridized carbons (Fsp3) is 0.258. The van der Waals surface area contributed by atoms with Crippen LogP contribution in [-0.4, -0.2) is 21.9 Å². The number of hydrogen-bond donors (Lipinski definition) is 1. The smallest absolute Gasteiger partial charge is 0.338 e. The zero-order valence-corrected chi connectivity index (χ0v) is 23.0. The summed E-state index contributed by atoms with van der Waals surface area (Å²) in [4.78, 5) is 33.2. The minimum absolute atomic E-state index is 0.138. The standard InChI is InChI=1S/C31H31N3O4S/c1-20(2)23-11-13-24(14-12-23)29-28(30(36)38-18-22-8-5-4-6-9-22)21(3)33-31-34(29)25(19-39-31)16-27(35)32-17-26-10-7-15-37-26/h4-15,19-20,29H,16-18H2,1-3H3,(H,32,35). The fourth-order valence-electron chi connectivity index (χ4n) is 4.64. The van der Waals surface area contributed by atoms with Gasteiger partial charge in [-0.2, -0.15) is 0 Å². The van der Waals surface area contributed by atoms with E-state index in [0.717, 1.165) is 22.0 Å². The first-order valence-corrected chi connectivity index (χ1v) is 13.8. The average Bonchev–Trinajstić information content (AvgIpc) is 3.60. The number of amidine groups is 1. The maximum atomic E-state index is 13.6. The molecule has 2 aliphatic rings. The highest BCUT2D eigenvalue weighted by Crippen LogP contribution is 2.45. The highest BCUT2D eigenvalue weighted by atomic mass is 32.2. The van der Waals surface area contributed by atoms with Gasteiger partial charge in [-0.1, -0.05) is 80.2 Å². The highest BCUT2D eigenvalue weighted by molar-refractivity contribution is 8.16. The molecule has 2 aromatic carbocycles. The Balaban J connectivity index is 1.42. The van der Waals surface area contributed by atoms with E-state index in [2.05, 4.69) is 43.4 Å². The molecule has 0 bridgehead atoms. The van der Waals surface area contributed by atoms with Crippen molar-refractivity contribution in [3.05, 3.63) is 118 Å². The number of benzene rings is 2. The zero-order chi connectivity index (χ0) is 27.4. The normalized spacial score (nSPS) is 16.6. The second kappa shape index (κ2) is 11.8. The molecule has 0 saturated heterocycles. The lowest BCUT2D eigenvalue weighted by molar-refractivity contribution is -0.141. The Morgan fingerprint density at radius 1 is 1.08 bits per heavy atom. The molecule has 1 N–H and O–H groups in total. The first-order valence-electron chi connectivity index (χ1n) is 12.9. The number of furan rings is 1. The number of rotatable bonds is 9. The van der Waals surface area contributed by atoms with Gasteiger partial charge in [-0.05, 0) is 47.1 Å². The van der Waals surface area contributed by atoms with Gasteiger partial charge in [-0.15, -0.1) is 0 Å². The minimum atomic E-state index is -0.471. The molecule has 1 atom stereocenters. The number of aliphatic imine (C=N–C) groups is 1. The highest BCUT2D eigenvalue weighted by Gasteiger charge is 2.41. The van der Waals surface area contributed by atoms with E-state index in [1.54, 1.807) is 12.3 Å². The Hall–Kier alpha value is -4.04. The number of thioether (sulfide) groups is 1. The number of nitrogens with one attached hydrogen (secondary N) is 1. The van der Waals surface area contributed by atoms with Crippen molar-refractivity contribution in [2.45, 2.75) is 52.3 Å². The second-order valence-electron chi connectivity index (χ2n) is 9.81. The van der Waals surface area contributed by atoms with E-state index in [-0.39, 0.29) is 18.9 Å². The molecule has 3 heterocycles. The molecular formula is C31H31N3O4S. The van der Waals surface area contributed by atoms with Gasteiger partial charge in [-0.3, -0.25) is 4.79 Å². The lowest BCUT2D eigenvalue weighted by atomic mass is 9.92. The number of fused-ring (bicyclic) bond motifs is 1. The van der Waals surface area contributed by atoms with Crippen molar-refractivity contribution in [3.8, 4) is 0 Å². The van der Waals surface area contributed by atoms with Gasteiger partial charge in [0.05, 0.1) is 36.5 Å². The number of nitrogens with zero attached hydrogens (tertiary/aromatic N) is 2. The van der Waals surface area contributed by atoms with Gasteiger partial charge >= 0.3 is 5.97 Å². The van der Waals surface area contributed by atoms with Gasteiger partial charge in [0.2, 0.25) is 5.91 Å². The predicted molar refractivity (Wildman–Crippen MR) is 152 cm³/mol. The third kappa shape index (κ3) is 6.01. The van der Waals surface area contributed by atoms with Gasteiger partial charge in [-0.25, -0.2) is 9.79 Å². The Kier molecular flexibility index (Phi) is 8.02. The van der Waals surface area contributed by atoms with Crippen LogP contribution >= 0.6 is 11.8 Å². The molecule has 1 amide bonds. The number of carbonyl (C=O) groups excluding carboxylic acids is 2. The quantitative estimate of drug-likeness (QED) is 0.315. The van der Waals surface area contributed by atoms with E-state index in [1.165, 1.54) is 17.3 Å². The van der Waals surface area contributed by atoms with Gasteiger partial charge in [0.25, 0.3) is 0 Å². The van der Waals surface area contributed by atoms with Gasteiger partial charge in [0.1, 0.15) is 12.4 Å². The Morgan fingerprint density at radius 3 is 2.54 bits per heavy atom. The summed E-state index contributed by atoms with van der Waals surface area (Å²) >= 11 is 1.46. The van der Waals surface area contributed by atoms with Crippen LogP contribution in [0.1, 0.15) is 61.6 Å². The van der Waals surface area contributed by atoms with Crippen molar-refractivity contribution < 1.29 is 18.7 Å². The van der Waals surface area contributed by atoms with Crippen LogP contribution in [0.25, 0.3) is 0 Å². The monoisotopic (exact) mass is 541 g/mol. The Labute approximate surface area is 232 Å². The average molecular weight is 542 g/mol. The Bertz CT molecular complexity index is 1420. The lowest BCUT2D eigenvalue weighted by Gasteiger charge is -2.36. The van der Waals surface area contributed by atoms with Gasteiger partial charge in [0, 0.05) is 5.70 Å². The maximum Gasteiger partial charge on any atom is 0.338 e. The summed E-state index contributed by atoms with van der Waals surface area (Å²) in [6.07, 6.45) is 1.72. The van der Waals surface area contributed by atoms with Crippen molar-refractivity contribution in [1.82, 2.24) is 10.2 Å². The predicted octanol–water partition coefficient (Wildman–Crippen LogP) is 6.43. The van der Waals surface area contributed by atoms with Crippen LogP contribution in [-0.2, 0) is 27.5 Å². The summed E-state index contributed by atoms with van der Waals surface area (Å²) in [5.74, 6) is 0.498. The molecule has 5 rings (SSSR count). The topological polar surface area (TPSA) is 84.1 Å². The molecule has 3 aromatic rings. The summed E-state index contributed by atoms with van der Waals surface area (Å²) in [6.45, 7) is 6.61. The molecule has 200 valence electrons. The number of carbonyl (C=O) groups is 2. The third-order valence-electron chi connectivity index (χ3n) is 6.73. The van der Waals surface area contributed by atoms with E-state index in [9.17, 15) is 9.59 Å². The number of amides is 1. The number of allylic oxidation sites excluding steroid dienone is 1. The van der Waals surface area contributed by atoms with E-state index >= 15 is 0 Å². The van der Waals surface area contributed by atoms with Crippen molar-refractivity contribution >= 4 is 28.8 Å². The molecule has 1 aromatic heterocycles. The van der Waals surface area contributed by atoms with E-state index in [4.69, 9.17) is 14.1 Å². The molecule has 0 aliphatic carbocycles. The minimum Gasteiger partial charge on any atom is -0.467 e. The van der Waals surface area contributed by atoms with Crippen LogP contribution < -0.4 is 5.32 Å². The number of ether oxygens (including phenoxy) is 1. The summed E-state index contributed by atoms with van der Waals surface area (Å²) < 4.78 is 11.1. The molecule has 8 heteroatoms. The zero-order valence-electron chi connectivity index (χ0n) is 22.2.